The van der Waals surface area contributed by atoms with Crippen LogP contribution >= 0.6 is 11.3 Å². The van der Waals surface area contributed by atoms with Gasteiger partial charge in [0.2, 0.25) is 0 Å². The van der Waals surface area contributed by atoms with Crippen LogP contribution < -0.4 is 0 Å². The van der Waals surface area contributed by atoms with Crippen LogP contribution in [0.3, 0.4) is 0 Å². The Morgan fingerprint density at radius 2 is 2.33 bits per heavy atom. The molecule has 1 rings (SSSR count). The van der Waals surface area contributed by atoms with Crippen LogP contribution in [0.5, 0.6) is 0 Å². The van der Waals surface area contributed by atoms with Gasteiger partial charge < -0.3 is 4.90 Å². The molecule has 0 aliphatic heterocycles. The lowest BCUT2D eigenvalue weighted by atomic mass is 10.3. The number of amides is 1. The maximum atomic E-state index is 11.9. The lowest BCUT2D eigenvalue weighted by molar-refractivity contribution is 0.0778. The van der Waals surface area contributed by atoms with Gasteiger partial charge in [0, 0.05) is 11.9 Å². The monoisotopic (exact) mass is 222 g/mol. The van der Waals surface area contributed by atoms with Crippen LogP contribution in [0.1, 0.15) is 28.4 Å². The fourth-order valence-electron chi connectivity index (χ4n) is 1.12. The molecule has 4 heteroatoms. The van der Waals surface area contributed by atoms with Crippen LogP contribution in [0.25, 0.3) is 0 Å². The third-order valence-corrected chi connectivity index (χ3v) is 3.53. The molecular weight excluding hydrogens is 208 g/mol. The fraction of sp³-hybridized carbons (Fsp3) is 0.455. The first-order valence-corrected chi connectivity index (χ1v) is 5.67. The molecule has 0 aliphatic rings. The fourth-order valence-corrected chi connectivity index (χ4v) is 2.05. The zero-order valence-corrected chi connectivity index (χ0v) is 9.97. The largest absolute Gasteiger partial charge is 0.325 e. The van der Waals surface area contributed by atoms with Crippen molar-refractivity contribution in [1.82, 2.24) is 4.90 Å². The van der Waals surface area contributed by atoms with Crippen LogP contribution in [-0.4, -0.2) is 23.9 Å². The van der Waals surface area contributed by atoms with Gasteiger partial charge >= 0.3 is 0 Å². The summed E-state index contributed by atoms with van der Waals surface area (Å²) in [4.78, 5) is 15.2. The van der Waals surface area contributed by atoms with Crippen molar-refractivity contribution in [2.45, 2.75) is 26.3 Å². The molecule has 80 valence electrons. The van der Waals surface area contributed by atoms with Crippen molar-refractivity contribution < 1.29 is 4.79 Å². The topological polar surface area (TPSA) is 44.1 Å². The predicted octanol–water partition coefficient (Wildman–Crippen LogP) is 2.29. The molecule has 3 nitrogen and oxygen atoms in total. The van der Waals surface area contributed by atoms with Gasteiger partial charge in [0.25, 0.3) is 5.91 Å². The van der Waals surface area contributed by atoms with Gasteiger partial charge in [-0.25, -0.2) is 0 Å². The van der Waals surface area contributed by atoms with Crippen molar-refractivity contribution >= 4 is 17.2 Å². The summed E-state index contributed by atoms with van der Waals surface area (Å²) in [5.74, 6) is -0.0752. The summed E-state index contributed by atoms with van der Waals surface area (Å²) in [6, 6.07) is 5.45. The Morgan fingerprint density at radius 3 is 2.80 bits per heavy atom. The molecule has 0 aliphatic carbocycles. The molecule has 1 heterocycles. The number of carbonyl (C=O) groups excluding carboxylic acids is 1. The molecule has 0 saturated carbocycles. The smallest absolute Gasteiger partial charge is 0.264 e. The quantitative estimate of drug-likeness (QED) is 0.787. The van der Waals surface area contributed by atoms with Gasteiger partial charge in [-0.1, -0.05) is 6.92 Å². The van der Waals surface area contributed by atoms with Crippen LogP contribution in [0, 0.1) is 11.3 Å². The summed E-state index contributed by atoms with van der Waals surface area (Å²) in [5.41, 5.74) is 0. The number of carbonyl (C=O) groups is 1. The molecule has 0 spiro atoms. The first-order valence-electron chi connectivity index (χ1n) is 4.85. The number of hydrogen-bond donors (Lipinski definition) is 0. The number of hydrogen-bond acceptors (Lipinski definition) is 3. The Bertz CT molecular complexity index is 392. The van der Waals surface area contributed by atoms with E-state index in [4.69, 9.17) is 5.26 Å². The lowest BCUT2D eigenvalue weighted by Gasteiger charge is -2.18. The second-order valence-electron chi connectivity index (χ2n) is 3.34. The first kappa shape index (κ1) is 11.7. The molecule has 1 amide bonds. The Labute approximate surface area is 93.9 Å². The normalized spacial score (nSPS) is 11.9. The molecule has 0 aromatic carbocycles. The summed E-state index contributed by atoms with van der Waals surface area (Å²) in [6.45, 7) is 3.77. The van der Waals surface area contributed by atoms with Gasteiger partial charge in [0.05, 0.1) is 10.9 Å². The molecule has 0 radical (unpaired) electrons. The SMILES string of the molecule is CCc1ccc(C(=O)N(C)C(C)C#N)s1. The zero-order chi connectivity index (χ0) is 11.4. The predicted molar refractivity (Wildman–Crippen MR) is 60.9 cm³/mol. The van der Waals surface area contributed by atoms with Crippen LogP contribution in [0.15, 0.2) is 12.1 Å². The van der Waals surface area contributed by atoms with Crippen molar-refractivity contribution in [2.75, 3.05) is 7.05 Å². The Balaban J connectivity index is 2.81. The van der Waals surface area contributed by atoms with Crippen LogP contribution in [0.4, 0.5) is 0 Å². The van der Waals surface area contributed by atoms with Gasteiger partial charge in [0.1, 0.15) is 6.04 Å². The average Bonchev–Trinajstić information content (AvgIpc) is 2.74. The summed E-state index contributed by atoms with van der Waals surface area (Å²) in [6.07, 6.45) is 0.940. The summed E-state index contributed by atoms with van der Waals surface area (Å²) in [7, 11) is 1.65. The molecule has 0 saturated heterocycles. The molecule has 1 aromatic rings. The van der Waals surface area contributed by atoms with Crippen molar-refractivity contribution in [1.29, 1.82) is 5.26 Å². The number of aryl methyl sites for hydroxylation is 1. The summed E-state index contributed by atoms with van der Waals surface area (Å²) < 4.78 is 0. The standard InChI is InChI=1S/C11H14N2OS/c1-4-9-5-6-10(15-9)11(14)13(3)8(2)7-12/h5-6,8H,4H2,1-3H3. The maximum Gasteiger partial charge on any atom is 0.264 e. The van der Waals surface area contributed by atoms with Gasteiger partial charge in [-0.3, -0.25) is 4.79 Å². The summed E-state index contributed by atoms with van der Waals surface area (Å²) >= 11 is 1.50. The zero-order valence-electron chi connectivity index (χ0n) is 9.15. The molecule has 1 aromatic heterocycles. The second kappa shape index (κ2) is 4.94. The minimum atomic E-state index is -0.385. The highest BCUT2D eigenvalue weighted by atomic mass is 32.1. The van der Waals surface area contributed by atoms with E-state index in [1.165, 1.54) is 21.1 Å². The van der Waals surface area contributed by atoms with E-state index in [0.29, 0.717) is 4.88 Å². The minimum absolute atomic E-state index is 0.0752. The number of nitrogens with zero attached hydrogens (tertiary/aromatic N) is 2. The van der Waals surface area contributed by atoms with E-state index in [9.17, 15) is 4.79 Å². The first-order chi connectivity index (χ1) is 7.10. The molecule has 0 bridgehead atoms. The molecule has 1 atom stereocenters. The van der Waals surface area contributed by atoms with Crippen LogP contribution in [-0.2, 0) is 6.42 Å². The van der Waals surface area contributed by atoms with E-state index >= 15 is 0 Å². The van der Waals surface area contributed by atoms with Gasteiger partial charge in [-0.05, 0) is 25.5 Å². The maximum absolute atomic E-state index is 11.9. The Hall–Kier alpha value is -1.34. The average molecular weight is 222 g/mol. The highest BCUT2D eigenvalue weighted by Crippen LogP contribution is 2.18. The minimum Gasteiger partial charge on any atom is -0.325 e. The highest BCUT2D eigenvalue weighted by Gasteiger charge is 2.18. The number of nitriles is 1. The van der Waals surface area contributed by atoms with Crippen molar-refractivity contribution in [3.8, 4) is 6.07 Å². The van der Waals surface area contributed by atoms with Gasteiger partial charge in [-0.15, -0.1) is 11.3 Å². The third kappa shape index (κ3) is 2.57. The number of rotatable bonds is 3. The van der Waals surface area contributed by atoms with Crippen molar-refractivity contribution in [2.24, 2.45) is 0 Å². The van der Waals surface area contributed by atoms with E-state index in [1.54, 1.807) is 14.0 Å². The van der Waals surface area contributed by atoms with Crippen molar-refractivity contribution in [3.63, 3.8) is 0 Å². The van der Waals surface area contributed by atoms with E-state index in [1.807, 2.05) is 18.2 Å². The highest BCUT2D eigenvalue weighted by molar-refractivity contribution is 7.14. The Kier molecular flexibility index (Phi) is 3.87. The molecule has 0 fully saturated rings. The van der Waals surface area contributed by atoms with E-state index < -0.39 is 0 Å². The molecule has 0 N–H and O–H groups in total. The van der Waals surface area contributed by atoms with E-state index in [2.05, 4.69) is 6.92 Å². The number of thiophene rings is 1. The lowest BCUT2D eigenvalue weighted by Crippen LogP contribution is -2.33. The van der Waals surface area contributed by atoms with Gasteiger partial charge in [-0.2, -0.15) is 5.26 Å². The molecular formula is C11H14N2OS. The molecule has 15 heavy (non-hydrogen) atoms. The summed E-state index contributed by atoms with van der Waals surface area (Å²) in [5, 5.41) is 8.71. The van der Waals surface area contributed by atoms with E-state index in [0.717, 1.165) is 6.42 Å². The van der Waals surface area contributed by atoms with E-state index in [-0.39, 0.29) is 11.9 Å². The van der Waals surface area contributed by atoms with Gasteiger partial charge in [0.15, 0.2) is 0 Å². The Morgan fingerprint density at radius 1 is 1.67 bits per heavy atom. The van der Waals surface area contributed by atoms with Crippen LogP contribution in [0.2, 0.25) is 0 Å². The third-order valence-electron chi connectivity index (χ3n) is 2.31. The second-order valence-corrected chi connectivity index (χ2v) is 4.51. The van der Waals surface area contributed by atoms with Crippen molar-refractivity contribution in [3.05, 3.63) is 21.9 Å². The molecule has 1 unspecified atom stereocenters.